The molecule has 1 unspecified atom stereocenters. The highest BCUT2D eigenvalue weighted by Crippen LogP contribution is 2.34. The van der Waals surface area contributed by atoms with Crippen molar-refractivity contribution in [2.75, 3.05) is 11.9 Å². The maximum absolute atomic E-state index is 13.0. The van der Waals surface area contributed by atoms with Gasteiger partial charge in [-0.25, -0.2) is 0 Å². The second kappa shape index (κ2) is 9.16. The fourth-order valence-corrected chi connectivity index (χ4v) is 2.95. The summed E-state index contributed by atoms with van der Waals surface area (Å²) < 4.78 is 5.57. The normalized spacial score (nSPS) is 11.4. The summed E-state index contributed by atoms with van der Waals surface area (Å²) in [5.41, 5.74) is 2.43. The van der Waals surface area contributed by atoms with E-state index in [2.05, 4.69) is 11.2 Å². The summed E-state index contributed by atoms with van der Waals surface area (Å²) in [6.07, 6.45) is 4.36. The number of phenolic OH excluding ortho intramolecular Hbond substituents is 2. The van der Waals surface area contributed by atoms with Crippen LogP contribution in [0, 0.1) is 12.3 Å². The lowest BCUT2D eigenvalue weighted by molar-refractivity contribution is -0.126. The summed E-state index contributed by atoms with van der Waals surface area (Å²) in [6, 6.07) is 18.3. The van der Waals surface area contributed by atoms with E-state index in [9.17, 15) is 15.0 Å². The number of phenols is 2. The first kappa shape index (κ1) is 20.3. The Morgan fingerprint density at radius 3 is 2.48 bits per heavy atom. The first-order chi connectivity index (χ1) is 14.0. The molecule has 0 spiro atoms. The number of anilines is 1. The summed E-state index contributed by atoms with van der Waals surface area (Å²) in [5.74, 6) is 1.49. The van der Waals surface area contributed by atoms with Crippen molar-refractivity contribution in [1.29, 1.82) is 0 Å². The number of terminal acetylenes is 1. The van der Waals surface area contributed by atoms with Crippen molar-refractivity contribution < 1.29 is 19.7 Å². The number of benzene rings is 3. The third-order valence-electron chi connectivity index (χ3n) is 4.22. The van der Waals surface area contributed by atoms with Gasteiger partial charge in [-0.2, -0.15) is 0 Å². The van der Waals surface area contributed by atoms with Crippen molar-refractivity contribution in [3.05, 3.63) is 77.3 Å². The van der Waals surface area contributed by atoms with E-state index in [-0.39, 0.29) is 18.1 Å². The predicted molar refractivity (Wildman–Crippen MR) is 113 cm³/mol. The molecular formula is C23H18ClNO4. The molecule has 1 amide bonds. The zero-order valence-electron chi connectivity index (χ0n) is 15.3. The average Bonchev–Trinajstić information content (AvgIpc) is 2.72. The van der Waals surface area contributed by atoms with Gasteiger partial charge in [0.25, 0.3) is 5.91 Å². The predicted octanol–water partition coefficient (Wildman–Crippen LogP) is 4.75. The number of amides is 1. The van der Waals surface area contributed by atoms with Crippen molar-refractivity contribution >= 4 is 23.2 Å². The van der Waals surface area contributed by atoms with E-state index in [0.29, 0.717) is 27.4 Å². The van der Waals surface area contributed by atoms with Crippen LogP contribution >= 0.6 is 11.6 Å². The Labute approximate surface area is 173 Å². The molecule has 3 aromatic rings. The van der Waals surface area contributed by atoms with Gasteiger partial charge in [-0.1, -0.05) is 53.9 Å². The van der Waals surface area contributed by atoms with Crippen LogP contribution in [0.25, 0.3) is 11.1 Å². The van der Waals surface area contributed by atoms with E-state index in [1.54, 1.807) is 54.6 Å². The van der Waals surface area contributed by atoms with Crippen LogP contribution in [0.2, 0.25) is 5.02 Å². The standard InChI is InChI=1S/C23H18ClNO4/c1-2-13-29-22(15-7-10-17(24)11-8-15)23(28)25-19-6-4-3-5-18(19)16-9-12-20(26)21(27)14-16/h1,3-12,14,22,26-27H,13H2,(H,25,28). The second-order valence-corrected chi connectivity index (χ2v) is 6.62. The fourth-order valence-electron chi connectivity index (χ4n) is 2.83. The highest BCUT2D eigenvalue weighted by molar-refractivity contribution is 6.30. The van der Waals surface area contributed by atoms with Crippen LogP contribution in [0.3, 0.4) is 0 Å². The summed E-state index contributed by atoms with van der Waals surface area (Å²) in [5, 5.41) is 22.7. The lowest BCUT2D eigenvalue weighted by atomic mass is 10.0. The van der Waals surface area contributed by atoms with Crippen LogP contribution in [0.1, 0.15) is 11.7 Å². The van der Waals surface area contributed by atoms with Crippen molar-refractivity contribution in [1.82, 2.24) is 0 Å². The first-order valence-electron chi connectivity index (χ1n) is 8.72. The summed E-state index contributed by atoms with van der Waals surface area (Å²) in [4.78, 5) is 13.0. The maximum atomic E-state index is 13.0. The highest BCUT2D eigenvalue weighted by atomic mass is 35.5. The van der Waals surface area contributed by atoms with Crippen molar-refractivity contribution in [2.45, 2.75) is 6.10 Å². The number of hydrogen-bond acceptors (Lipinski definition) is 4. The quantitative estimate of drug-likeness (QED) is 0.407. The molecule has 3 N–H and O–H groups in total. The van der Waals surface area contributed by atoms with Gasteiger partial charge in [-0.15, -0.1) is 6.42 Å². The Morgan fingerprint density at radius 2 is 1.79 bits per heavy atom. The molecule has 0 aromatic heterocycles. The molecule has 0 aliphatic rings. The number of hydrogen-bond donors (Lipinski definition) is 3. The molecular weight excluding hydrogens is 390 g/mol. The van der Waals surface area contributed by atoms with Crippen molar-refractivity contribution in [2.24, 2.45) is 0 Å². The van der Waals surface area contributed by atoms with E-state index in [1.165, 1.54) is 12.1 Å². The minimum Gasteiger partial charge on any atom is -0.504 e. The molecule has 0 bridgehead atoms. The van der Waals surface area contributed by atoms with E-state index < -0.39 is 12.0 Å². The molecule has 1 atom stereocenters. The largest absolute Gasteiger partial charge is 0.504 e. The lowest BCUT2D eigenvalue weighted by Crippen LogP contribution is -2.24. The Kier molecular flexibility index (Phi) is 6.40. The molecule has 3 aromatic carbocycles. The molecule has 29 heavy (non-hydrogen) atoms. The van der Waals surface area contributed by atoms with E-state index in [4.69, 9.17) is 22.8 Å². The highest BCUT2D eigenvalue weighted by Gasteiger charge is 2.22. The third kappa shape index (κ3) is 4.88. The topological polar surface area (TPSA) is 78.8 Å². The van der Waals surface area contributed by atoms with Gasteiger partial charge < -0.3 is 20.3 Å². The minimum absolute atomic E-state index is 0.0335. The Morgan fingerprint density at radius 1 is 1.07 bits per heavy atom. The fraction of sp³-hybridized carbons (Fsp3) is 0.0870. The van der Waals surface area contributed by atoms with Crippen LogP contribution < -0.4 is 5.32 Å². The number of carbonyl (C=O) groups excluding carboxylic acids is 1. The lowest BCUT2D eigenvalue weighted by Gasteiger charge is -2.18. The smallest absolute Gasteiger partial charge is 0.258 e. The molecule has 0 saturated carbocycles. The number of para-hydroxylation sites is 1. The van der Waals surface area contributed by atoms with E-state index in [0.717, 1.165) is 0 Å². The van der Waals surface area contributed by atoms with E-state index >= 15 is 0 Å². The Bertz CT molecular complexity index is 1060. The zero-order chi connectivity index (χ0) is 20.8. The monoisotopic (exact) mass is 407 g/mol. The molecule has 0 fully saturated rings. The molecule has 0 aliphatic carbocycles. The minimum atomic E-state index is -0.926. The molecule has 0 aliphatic heterocycles. The Hall–Kier alpha value is -3.46. The van der Waals surface area contributed by atoms with Gasteiger partial charge in [0.05, 0.1) is 0 Å². The molecule has 0 saturated heterocycles. The molecule has 3 rings (SSSR count). The maximum Gasteiger partial charge on any atom is 0.258 e. The number of aromatic hydroxyl groups is 2. The number of halogens is 1. The summed E-state index contributed by atoms with van der Waals surface area (Å²) in [6.45, 7) is -0.0335. The molecule has 5 nitrogen and oxygen atoms in total. The number of carbonyl (C=O) groups is 1. The van der Waals surface area contributed by atoms with Gasteiger partial charge in [0, 0.05) is 16.3 Å². The molecule has 0 heterocycles. The van der Waals surface area contributed by atoms with Gasteiger partial charge in [0.2, 0.25) is 0 Å². The van der Waals surface area contributed by atoms with Gasteiger partial charge in [0.1, 0.15) is 6.61 Å². The Balaban J connectivity index is 1.91. The van der Waals surface area contributed by atoms with E-state index in [1.807, 2.05) is 0 Å². The summed E-state index contributed by atoms with van der Waals surface area (Å²) in [7, 11) is 0. The zero-order valence-corrected chi connectivity index (χ0v) is 16.1. The molecule has 0 radical (unpaired) electrons. The second-order valence-electron chi connectivity index (χ2n) is 6.19. The number of ether oxygens (including phenoxy) is 1. The van der Waals surface area contributed by atoms with Gasteiger partial charge >= 0.3 is 0 Å². The third-order valence-corrected chi connectivity index (χ3v) is 4.47. The van der Waals surface area contributed by atoms with Gasteiger partial charge in [-0.05, 0) is 41.5 Å². The molecule has 6 heteroatoms. The van der Waals surface area contributed by atoms with Gasteiger partial charge in [-0.3, -0.25) is 4.79 Å². The molecule has 146 valence electrons. The van der Waals surface area contributed by atoms with Crippen molar-refractivity contribution in [3.63, 3.8) is 0 Å². The van der Waals surface area contributed by atoms with Crippen LogP contribution in [0.5, 0.6) is 11.5 Å². The summed E-state index contributed by atoms with van der Waals surface area (Å²) >= 11 is 5.93. The van der Waals surface area contributed by atoms with Crippen LogP contribution in [0.4, 0.5) is 5.69 Å². The average molecular weight is 408 g/mol. The number of nitrogens with one attached hydrogen (secondary N) is 1. The number of rotatable bonds is 6. The van der Waals surface area contributed by atoms with Crippen molar-refractivity contribution in [3.8, 4) is 35.0 Å². The SMILES string of the molecule is C#CCOC(C(=O)Nc1ccccc1-c1ccc(O)c(O)c1)c1ccc(Cl)cc1. The van der Waals surface area contributed by atoms with Crippen LogP contribution in [0.15, 0.2) is 66.7 Å². The van der Waals surface area contributed by atoms with Gasteiger partial charge in [0.15, 0.2) is 17.6 Å². The first-order valence-corrected chi connectivity index (χ1v) is 9.10. The van der Waals surface area contributed by atoms with Crippen LogP contribution in [-0.2, 0) is 9.53 Å². The van der Waals surface area contributed by atoms with Crippen LogP contribution in [-0.4, -0.2) is 22.7 Å².